The van der Waals surface area contributed by atoms with Gasteiger partial charge in [0.05, 0.1) is 5.69 Å². The third-order valence-electron chi connectivity index (χ3n) is 3.25. The maximum Gasteiger partial charge on any atom is 0.258 e. The van der Waals surface area contributed by atoms with E-state index in [0.29, 0.717) is 12.1 Å². The molecule has 0 atom stereocenters. The highest BCUT2D eigenvalue weighted by Crippen LogP contribution is 2.29. The molecule has 1 amide bonds. The second-order valence-electron chi connectivity index (χ2n) is 4.98. The van der Waals surface area contributed by atoms with E-state index in [4.69, 9.17) is 0 Å². The van der Waals surface area contributed by atoms with Crippen LogP contribution in [0.2, 0.25) is 0 Å². The lowest BCUT2D eigenvalue weighted by atomic mass is 10.1. The zero-order chi connectivity index (χ0) is 15.4. The van der Waals surface area contributed by atoms with Gasteiger partial charge in [0.1, 0.15) is 0 Å². The van der Waals surface area contributed by atoms with E-state index in [1.54, 1.807) is 11.0 Å². The summed E-state index contributed by atoms with van der Waals surface area (Å²) in [4.78, 5) is 14.6. The van der Waals surface area contributed by atoms with Crippen LogP contribution < -0.4 is 4.90 Å². The fourth-order valence-corrected chi connectivity index (χ4v) is 3.60. The Labute approximate surface area is 139 Å². The van der Waals surface area contributed by atoms with Gasteiger partial charge in [0.25, 0.3) is 5.91 Å². The van der Waals surface area contributed by atoms with Crippen LogP contribution in [-0.2, 0) is 0 Å². The molecule has 2 rings (SSSR count). The fraction of sp³-hybridized carbons (Fsp3) is 0.167. The van der Waals surface area contributed by atoms with E-state index in [1.807, 2.05) is 37.3 Å². The average molecular weight is 391 g/mol. The molecule has 0 spiro atoms. The molecule has 0 bridgehead atoms. The quantitative estimate of drug-likeness (QED) is 0.545. The Balaban J connectivity index is 2.50. The Morgan fingerprint density at radius 1 is 1.24 bits per heavy atom. The number of hydrogen-bond acceptors (Lipinski definition) is 1. The summed E-state index contributed by atoms with van der Waals surface area (Å²) in [5, 5.41) is 0. The van der Waals surface area contributed by atoms with Gasteiger partial charge < -0.3 is 4.90 Å². The van der Waals surface area contributed by atoms with Crippen molar-refractivity contribution in [2.24, 2.45) is 0 Å². The zero-order valence-corrected chi connectivity index (χ0v) is 14.4. The van der Waals surface area contributed by atoms with Gasteiger partial charge in [-0.05, 0) is 65.8 Å². The molecule has 3 heteroatoms. The smallest absolute Gasteiger partial charge is 0.258 e. The summed E-state index contributed by atoms with van der Waals surface area (Å²) in [6, 6.07) is 13.6. The van der Waals surface area contributed by atoms with Gasteiger partial charge in [0.15, 0.2) is 0 Å². The van der Waals surface area contributed by atoms with E-state index in [2.05, 4.69) is 48.2 Å². The molecule has 21 heavy (non-hydrogen) atoms. The van der Waals surface area contributed by atoms with Crippen molar-refractivity contribution in [3.8, 4) is 0 Å². The Bertz CT molecular complexity index is 641. The highest BCUT2D eigenvalue weighted by atomic mass is 127. The first-order valence-electron chi connectivity index (χ1n) is 6.79. The molecule has 0 N–H and O–H groups in total. The van der Waals surface area contributed by atoms with Crippen LogP contribution in [0.5, 0.6) is 0 Å². The standard InChI is InChI=1S/C18H18INO/c1-4-10-20(18(21)15-8-6-5-7-9-15)17-14(3)11-13(2)12-16(17)19/h4-9,11-12H,1,10H2,2-3H3. The summed E-state index contributed by atoms with van der Waals surface area (Å²) in [6.45, 7) is 8.38. The number of amides is 1. The SMILES string of the molecule is C=CCN(C(=O)c1ccccc1)c1c(C)cc(C)cc1I. The Morgan fingerprint density at radius 3 is 2.48 bits per heavy atom. The number of anilines is 1. The first-order valence-corrected chi connectivity index (χ1v) is 7.87. The summed E-state index contributed by atoms with van der Waals surface area (Å²) >= 11 is 2.29. The van der Waals surface area contributed by atoms with Gasteiger partial charge in [0, 0.05) is 15.7 Å². The molecule has 0 aromatic heterocycles. The molecule has 0 aliphatic carbocycles. The van der Waals surface area contributed by atoms with Crippen molar-refractivity contribution >= 4 is 34.2 Å². The highest BCUT2D eigenvalue weighted by molar-refractivity contribution is 14.1. The average Bonchev–Trinajstić information content (AvgIpc) is 2.45. The molecule has 2 aromatic carbocycles. The number of aryl methyl sites for hydroxylation is 2. The lowest BCUT2D eigenvalue weighted by Gasteiger charge is -2.25. The van der Waals surface area contributed by atoms with Crippen molar-refractivity contribution in [2.75, 3.05) is 11.4 Å². The van der Waals surface area contributed by atoms with Crippen molar-refractivity contribution in [1.82, 2.24) is 0 Å². The molecule has 2 nitrogen and oxygen atoms in total. The van der Waals surface area contributed by atoms with Crippen LogP contribution in [-0.4, -0.2) is 12.5 Å². The normalized spacial score (nSPS) is 10.2. The maximum atomic E-state index is 12.8. The molecular formula is C18H18INO. The summed E-state index contributed by atoms with van der Waals surface area (Å²) in [6.07, 6.45) is 1.76. The van der Waals surface area contributed by atoms with Crippen LogP contribution in [0.4, 0.5) is 5.69 Å². The molecule has 0 saturated carbocycles. The van der Waals surface area contributed by atoms with Gasteiger partial charge in [-0.2, -0.15) is 0 Å². The van der Waals surface area contributed by atoms with Gasteiger partial charge >= 0.3 is 0 Å². The highest BCUT2D eigenvalue weighted by Gasteiger charge is 2.20. The van der Waals surface area contributed by atoms with Gasteiger partial charge in [0.2, 0.25) is 0 Å². The predicted molar refractivity (Wildman–Crippen MR) is 96.9 cm³/mol. The Morgan fingerprint density at radius 2 is 1.90 bits per heavy atom. The molecule has 0 aliphatic heterocycles. The molecule has 108 valence electrons. The third-order valence-corrected chi connectivity index (χ3v) is 4.07. The fourth-order valence-electron chi connectivity index (χ4n) is 2.39. The lowest BCUT2D eigenvalue weighted by molar-refractivity contribution is 0.0989. The maximum absolute atomic E-state index is 12.8. The second-order valence-corrected chi connectivity index (χ2v) is 6.14. The minimum atomic E-state index is 0.000342. The van der Waals surface area contributed by atoms with Crippen LogP contribution in [0.3, 0.4) is 0 Å². The molecule has 0 heterocycles. The van der Waals surface area contributed by atoms with Crippen molar-refractivity contribution in [3.63, 3.8) is 0 Å². The van der Waals surface area contributed by atoms with Crippen LogP contribution >= 0.6 is 22.6 Å². The third kappa shape index (κ3) is 3.53. The molecule has 0 saturated heterocycles. The van der Waals surface area contributed by atoms with E-state index in [0.717, 1.165) is 14.8 Å². The number of benzene rings is 2. The van der Waals surface area contributed by atoms with Crippen molar-refractivity contribution in [3.05, 3.63) is 75.4 Å². The van der Waals surface area contributed by atoms with Crippen molar-refractivity contribution < 1.29 is 4.79 Å². The molecule has 0 fully saturated rings. The van der Waals surface area contributed by atoms with E-state index >= 15 is 0 Å². The van der Waals surface area contributed by atoms with Gasteiger partial charge in [-0.3, -0.25) is 4.79 Å². The summed E-state index contributed by atoms with van der Waals surface area (Å²) in [7, 11) is 0. The molecular weight excluding hydrogens is 373 g/mol. The molecule has 2 aromatic rings. The number of carbonyl (C=O) groups excluding carboxylic acids is 1. The van der Waals surface area contributed by atoms with Gasteiger partial charge in [-0.25, -0.2) is 0 Å². The minimum absolute atomic E-state index is 0.000342. The lowest BCUT2D eigenvalue weighted by Crippen LogP contribution is -2.32. The molecule has 0 unspecified atom stereocenters. The largest absolute Gasteiger partial charge is 0.303 e. The van der Waals surface area contributed by atoms with Gasteiger partial charge in [-0.1, -0.05) is 30.3 Å². The Kier molecular flexibility index (Phi) is 5.17. The second kappa shape index (κ2) is 6.89. The summed E-state index contributed by atoms with van der Waals surface area (Å²) in [5.41, 5.74) is 3.96. The molecule has 0 radical (unpaired) electrons. The topological polar surface area (TPSA) is 20.3 Å². The Hall–Kier alpha value is -1.62. The van der Waals surface area contributed by atoms with Crippen LogP contribution in [0, 0.1) is 17.4 Å². The van der Waals surface area contributed by atoms with E-state index in [9.17, 15) is 4.79 Å². The van der Waals surface area contributed by atoms with E-state index in [-0.39, 0.29) is 5.91 Å². The van der Waals surface area contributed by atoms with Crippen LogP contribution in [0.15, 0.2) is 55.1 Å². The first kappa shape index (κ1) is 15.8. The van der Waals surface area contributed by atoms with Crippen LogP contribution in [0.25, 0.3) is 0 Å². The zero-order valence-electron chi connectivity index (χ0n) is 12.3. The van der Waals surface area contributed by atoms with E-state index < -0.39 is 0 Å². The van der Waals surface area contributed by atoms with Crippen molar-refractivity contribution in [2.45, 2.75) is 13.8 Å². The molecule has 0 aliphatic rings. The number of nitrogens with zero attached hydrogens (tertiary/aromatic N) is 1. The predicted octanol–water partition coefficient (Wildman–Crippen LogP) is 4.74. The summed E-state index contributed by atoms with van der Waals surface area (Å²) < 4.78 is 1.08. The van der Waals surface area contributed by atoms with Crippen LogP contribution in [0.1, 0.15) is 21.5 Å². The van der Waals surface area contributed by atoms with Crippen molar-refractivity contribution in [1.29, 1.82) is 0 Å². The minimum Gasteiger partial charge on any atom is -0.303 e. The number of rotatable bonds is 4. The van der Waals surface area contributed by atoms with E-state index in [1.165, 1.54) is 5.56 Å². The number of halogens is 1. The number of carbonyl (C=O) groups is 1. The first-order chi connectivity index (χ1) is 10.0. The van der Waals surface area contributed by atoms with Gasteiger partial charge in [-0.15, -0.1) is 6.58 Å². The number of hydrogen-bond donors (Lipinski definition) is 0. The summed E-state index contributed by atoms with van der Waals surface area (Å²) in [5.74, 6) is 0.000342. The monoisotopic (exact) mass is 391 g/mol.